The van der Waals surface area contributed by atoms with E-state index >= 15 is 0 Å². The highest BCUT2D eigenvalue weighted by Gasteiger charge is 1.97. The van der Waals surface area contributed by atoms with Gasteiger partial charge in [0.1, 0.15) is 0 Å². The Kier molecular flexibility index (Phi) is 4.63. The summed E-state index contributed by atoms with van der Waals surface area (Å²) in [5, 5.41) is 3.40. The molecular formula is C15H15BrN. The van der Waals surface area contributed by atoms with Crippen molar-refractivity contribution >= 4 is 21.6 Å². The van der Waals surface area contributed by atoms with Gasteiger partial charge in [-0.1, -0.05) is 46.3 Å². The molecule has 2 rings (SSSR count). The highest BCUT2D eigenvalue weighted by molar-refractivity contribution is 9.10. The van der Waals surface area contributed by atoms with Crippen LogP contribution < -0.4 is 5.32 Å². The molecule has 2 heteroatoms. The van der Waals surface area contributed by atoms with Gasteiger partial charge < -0.3 is 5.32 Å². The molecule has 0 bridgehead atoms. The molecule has 17 heavy (non-hydrogen) atoms. The van der Waals surface area contributed by atoms with Crippen LogP contribution in [0.3, 0.4) is 0 Å². The van der Waals surface area contributed by atoms with E-state index in [-0.39, 0.29) is 0 Å². The predicted molar refractivity (Wildman–Crippen MR) is 76.2 cm³/mol. The zero-order valence-electron chi connectivity index (χ0n) is 9.62. The minimum Gasteiger partial charge on any atom is -0.385 e. The molecule has 0 aromatic heterocycles. The first-order valence-electron chi connectivity index (χ1n) is 5.79. The van der Waals surface area contributed by atoms with Gasteiger partial charge >= 0.3 is 0 Å². The van der Waals surface area contributed by atoms with Gasteiger partial charge in [-0.25, -0.2) is 0 Å². The number of halogens is 1. The second kappa shape index (κ2) is 6.45. The summed E-state index contributed by atoms with van der Waals surface area (Å²) in [6.45, 7) is 0.991. The van der Waals surface area contributed by atoms with Gasteiger partial charge in [0.25, 0.3) is 0 Å². The monoisotopic (exact) mass is 288 g/mol. The van der Waals surface area contributed by atoms with Crippen molar-refractivity contribution in [3.63, 3.8) is 0 Å². The van der Waals surface area contributed by atoms with Crippen LogP contribution in [0.25, 0.3) is 0 Å². The number of nitrogens with one attached hydrogen (secondary N) is 1. The summed E-state index contributed by atoms with van der Waals surface area (Å²) in [5.74, 6) is 0. The summed E-state index contributed by atoms with van der Waals surface area (Å²) in [5.41, 5.74) is 2.53. The summed E-state index contributed by atoms with van der Waals surface area (Å²) >= 11 is 3.57. The highest BCUT2D eigenvalue weighted by atomic mass is 79.9. The molecule has 1 nitrogen and oxygen atoms in total. The molecule has 0 saturated carbocycles. The van der Waals surface area contributed by atoms with Crippen LogP contribution >= 0.6 is 15.9 Å². The number of hydrogen-bond donors (Lipinski definition) is 1. The number of benzene rings is 2. The molecule has 1 radical (unpaired) electrons. The maximum absolute atomic E-state index is 3.57. The molecule has 0 unspecified atom stereocenters. The first kappa shape index (κ1) is 12.2. The van der Waals surface area contributed by atoms with Crippen LogP contribution in [0.15, 0.2) is 53.0 Å². The Bertz CT molecular complexity index is 453. The number of rotatable bonds is 5. The number of anilines is 1. The van der Waals surface area contributed by atoms with E-state index in [0.29, 0.717) is 0 Å². The second-order valence-corrected chi connectivity index (χ2v) is 4.76. The lowest BCUT2D eigenvalue weighted by atomic mass is 10.1. The van der Waals surface area contributed by atoms with E-state index in [1.807, 2.05) is 30.3 Å². The molecule has 2 aromatic rings. The zero-order valence-corrected chi connectivity index (χ0v) is 11.2. The summed E-state index contributed by atoms with van der Waals surface area (Å²) < 4.78 is 1.20. The van der Waals surface area contributed by atoms with Crippen LogP contribution in [0.5, 0.6) is 0 Å². The minimum absolute atomic E-state index is 0.991. The first-order valence-corrected chi connectivity index (χ1v) is 6.59. The Morgan fingerprint density at radius 2 is 1.82 bits per heavy atom. The third kappa shape index (κ3) is 3.90. The lowest BCUT2D eigenvalue weighted by Crippen LogP contribution is -2.02. The van der Waals surface area contributed by atoms with Crippen molar-refractivity contribution < 1.29 is 0 Å². The van der Waals surface area contributed by atoms with Crippen molar-refractivity contribution in [3.05, 3.63) is 64.6 Å². The average molecular weight is 289 g/mol. The fourth-order valence-electron chi connectivity index (χ4n) is 1.72. The number of hydrogen-bond acceptors (Lipinski definition) is 1. The molecule has 0 saturated heterocycles. The summed E-state index contributed by atoms with van der Waals surface area (Å²) in [6, 6.07) is 19.3. The topological polar surface area (TPSA) is 12.0 Å². The molecule has 0 spiro atoms. The van der Waals surface area contributed by atoms with Gasteiger partial charge in [0, 0.05) is 16.7 Å². The van der Waals surface area contributed by atoms with Crippen LogP contribution in [-0.4, -0.2) is 6.54 Å². The van der Waals surface area contributed by atoms with Gasteiger partial charge in [0.15, 0.2) is 0 Å². The quantitative estimate of drug-likeness (QED) is 0.809. The molecule has 0 heterocycles. The lowest BCUT2D eigenvalue weighted by molar-refractivity contribution is 0.860. The number of aryl methyl sites for hydroxylation is 1. The smallest absolute Gasteiger partial charge is 0.0340 e. The molecule has 0 amide bonds. The molecular weight excluding hydrogens is 274 g/mol. The van der Waals surface area contributed by atoms with Gasteiger partial charge in [0.2, 0.25) is 0 Å². The summed E-state index contributed by atoms with van der Waals surface area (Å²) in [4.78, 5) is 0. The first-order chi connectivity index (χ1) is 8.36. The van der Waals surface area contributed by atoms with Crippen LogP contribution in [0, 0.1) is 6.07 Å². The van der Waals surface area contributed by atoms with E-state index in [0.717, 1.165) is 25.1 Å². The van der Waals surface area contributed by atoms with E-state index in [1.165, 1.54) is 10.0 Å². The normalized spacial score (nSPS) is 10.2. The molecule has 0 fully saturated rings. The zero-order chi connectivity index (χ0) is 11.9. The standard InChI is InChI=1S/C15H15BrN/c16-15-11-5-4-7-13(15)8-6-12-17-14-9-2-1-3-10-14/h2-5,7,9-11,17H,6,8,12H2. The average Bonchev–Trinajstić information content (AvgIpc) is 2.38. The fraction of sp³-hybridized carbons (Fsp3) is 0.200. The van der Waals surface area contributed by atoms with E-state index in [9.17, 15) is 0 Å². The maximum Gasteiger partial charge on any atom is 0.0340 e. The van der Waals surface area contributed by atoms with Crippen molar-refractivity contribution in [2.75, 3.05) is 11.9 Å². The van der Waals surface area contributed by atoms with Gasteiger partial charge in [-0.2, -0.15) is 0 Å². The molecule has 2 aromatic carbocycles. The van der Waals surface area contributed by atoms with Gasteiger partial charge in [-0.05, 0) is 42.7 Å². The molecule has 0 aliphatic carbocycles. The highest BCUT2D eigenvalue weighted by Crippen LogP contribution is 2.17. The Balaban J connectivity index is 1.76. The Labute approximate surface area is 111 Å². The SMILES string of the molecule is Brc1ccccc1CCCNc1cc[c]cc1. The van der Waals surface area contributed by atoms with Gasteiger partial charge in [-0.3, -0.25) is 0 Å². The molecule has 0 aliphatic rings. The second-order valence-electron chi connectivity index (χ2n) is 3.91. The van der Waals surface area contributed by atoms with Gasteiger partial charge in [-0.15, -0.1) is 0 Å². The third-order valence-corrected chi connectivity index (χ3v) is 3.40. The molecule has 0 aliphatic heterocycles. The van der Waals surface area contributed by atoms with Crippen molar-refractivity contribution in [1.29, 1.82) is 0 Å². The van der Waals surface area contributed by atoms with Crippen LogP contribution in [0.2, 0.25) is 0 Å². The van der Waals surface area contributed by atoms with Crippen LogP contribution in [0.1, 0.15) is 12.0 Å². The largest absolute Gasteiger partial charge is 0.385 e. The predicted octanol–water partition coefficient (Wildman–Crippen LogP) is 4.29. The molecule has 0 atom stereocenters. The molecule has 1 N–H and O–H groups in total. The minimum atomic E-state index is 0.991. The Hall–Kier alpha value is -1.28. The summed E-state index contributed by atoms with van der Waals surface area (Å²) in [6.07, 6.45) is 2.22. The fourth-order valence-corrected chi connectivity index (χ4v) is 2.20. The third-order valence-electron chi connectivity index (χ3n) is 2.63. The van der Waals surface area contributed by atoms with E-state index in [4.69, 9.17) is 0 Å². The van der Waals surface area contributed by atoms with Crippen LogP contribution in [-0.2, 0) is 6.42 Å². The van der Waals surface area contributed by atoms with Crippen molar-refractivity contribution in [2.45, 2.75) is 12.8 Å². The van der Waals surface area contributed by atoms with Crippen molar-refractivity contribution in [3.8, 4) is 0 Å². The maximum atomic E-state index is 3.57. The Morgan fingerprint density at radius 1 is 1.06 bits per heavy atom. The van der Waals surface area contributed by atoms with E-state index < -0.39 is 0 Å². The lowest BCUT2D eigenvalue weighted by Gasteiger charge is -2.07. The molecule has 87 valence electrons. The van der Waals surface area contributed by atoms with Crippen molar-refractivity contribution in [2.24, 2.45) is 0 Å². The van der Waals surface area contributed by atoms with E-state index in [1.54, 1.807) is 0 Å². The Morgan fingerprint density at radius 3 is 2.59 bits per heavy atom. The van der Waals surface area contributed by atoms with Gasteiger partial charge in [0.05, 0.1) is 0 Å². The van der Waals surface area contributed by atoms with Crippen LogP contribution in [0.4, 0.5) is 5.69 Å². The van der Waals surface area contributed by atoms with E-state index in [2.05, 4.69) is 45.5 Å². The summed E-state index contributed by atoms with van der Waals surface area (Å²) in [7, 11) is 0. The van der Waals surface area contributed by atoms with Crippen molar-refractivity contribution in [1.82, 2.24) is 0 Å².